The van der Waals surface area contributed by atoms with E-state index >= 15 is 0 Å². The smallest absolute Gasteiger partial charge is 0.263 e. The summed E-state index contributed by atoms with van der Waals surface area (Å²) in [4.78, 5) is 35.0. The summed E-state index contributed by atoms with van der Waals surface area (Å²) in [7, 11) is 0. The molecule has 170 valence electrons. The van der Waals surface area contributed by atoms with E-state index < -0.39 is 11.5 Å². The SMILES string of the molecule is O=C(N[C@@H]1CN(Cc2ccccc2)C[C@H]1c1ccc(F)cc1)c1cnc(C2CCC2)[nH]c1=O. The number of likely N-dealkylation sites (tertiary alicyclic amines) is 1. The van der Waals surface area contributed by atoms with Crippen molar-refractivity contribution >= 4 is 5.91 Å². The van der Waals surface area contributed by atoms with Gasteiger partial charge in [-0.25, -0.2) is 9.37 Å². The molecule has 0 unspecified atom stereocenters. The van der Waals surface area contributed by atoms with Gasteiger partial charge in [0, 0.05) is 43.7 Å². The zero-order chi connectivity index (χ0) is 22.8. The van der Waals surface area contributed by atoms with Gasteiger partial charge in [0.15, 0.2) is 0 Å². The van der Waals surface area contributed by atoms with Gasteiger partial charge in [-0.2, -0.15) is 0 Å². The zero-order valence-electron chi connectivity index (χ0n) is 18.3. The van der Waals surface area contributed by atoms with Gasteiger partial charge >= 0.3 is 0 Å². The summed E-state index contributed by atoms with van der Waals surface area (Å²) in [5.74, 6) is 0.228. The van der Waals surface area contributed by atoms with Crippen LogP contribution in [0.4, 0.5) is 4.39 Å². The van der Waals surface area contributed by atoms with Crippen LogP contribution in [0, 0.1) is 5.82 Å². The fraction of sp³-hybridized carbons (Fsp3) is 0.346. The largest absolute Gasteiger partial charge is 0.347 e. The first-order valence-electron chi connectivity index (χ1n) is 11.5. The summed E-state index contributed by atoms with van der Waals surface area (Å²) >= 11 is 0. The van der Waals surface area contributed by atoms with Crippen LogP contribution < -0.4 is 10.9 Å². The number of halogens is 1. The maximum Gasteiger partial charge on any atom is 0.263 e. The topological polar surface area (TPSA) is 78.1 Å². The first kappa shape index (κ1) is 21.5. The second-order valence-electron chi connectivity index (χ2n) is 9.06. The number of carbonyl (C=O) groups is 1. The van der Waals surface area contributed by atoms with Crippen molar-refractivity contribution in [1.82, 2.24) is 20.2 Å². The number of nitrogens with zero attached hydrogens (tertiary/aromatic N) is 2. The molecule has 2 N–H and O–H groups in total. The fourth-order valence-electron chi connectivity index (χ4n) is 4.76. The zero-order valence-corrected chi connectivity index (χ0v) is 18.3. The van der Waals surface area contributed by atoms with Gasteiger partial charge in [0.25, 0.3) is 11.5 Å². The molecular weight excluding hydrogens is 419 g/mol. The molecule has 2 atom stereocenters. The molecule has 0 bridgehead atoms. The molecule has 2 heterocycles. The van der Waals surface area contributed by atoms with Gasteiger partial charge in [-0.1, -0.05) is 48.9 Å². The predicted octanol–water partition coefficient (Wildman–Crippen LogP) is 3.57. The van der Waals surface area contributed by atoms with Crippen LogP contribution in [0.25, 0.3) is 0 Å². The van der Waals surface area contributed by atoms with Crippen molar-refractivity contribution in [3.63, 3.8) is 0 Å². The van der Waals surface area contributed by atoms with Gasteiger partial charge in [-0.15, -0.1) is 0 Å². The van der Waals surface area contributed by atoms with Gasteiger partial charge in [0.2, 0.25) is 0 Å². The number of carbonyl (C=O) groups excluding carboxylic acids is 1. The predicted molar refractivity (Wildman–Crippen MR) is 124 cm³/mol. The van der Waals surface area contributed by atoms with Crippen molar-refractivity contribution in [3.05, 3.63) is 99.5 Å². The van der Waals surface area contributed by atoms with E-state index in [-0.39, 0.29) is 23.3 Å². The Labute approximate surface area is 191 Å². The minimum absolute atomic E-state index is 0.0143. The summed E-state index contributed by atoms with van der Waals surface area (Å²) in [6.07, 6.45) is 4.58. The van der Waals surface area contributed by atoms with E-state index in [2.05, 4.69) is 32.3 Å². The monoisotopic (exact) mass is 446 g/mol. The Morgan fingerprint density at radius 1 is 1.09 bits per heavy atom. The van der Waals surface area contributed by atoms with E-state index in [9.17, 15) is 14.0 Å². The van der Waals surface area contributed by atoms with Gasteiger partial charge in [0.1, 0.15) is 17.2 Å². The first-order chi connectivity index (χ1) is 16.1. The highest BCUT2D eigenvalue weighted by Gasteiger charge is 2.35. The van der Waals surface area contributed by atoms with Crippen molar-refractivity contribution in [2.45, 2.75) is 43.7 Å². The lowest BCUT2D eigenvalue weighted by Crippen LogP contribution is -2.42. The Morgan fingerprint density at radius 3 is 2.52 bits per heavy atom. The fourth-order valence-corrected chi connectivity index (χ4v) is 4.76. The van der Waals surface area contributed by atoms with Crippen LogP contribution in [0.1, 0.15) is 58.4 Å². The van der Waals surface area contributed by atoms with Crippen LogP contribution in [0.3, 0.4) is 0 Å². The Kier molecular flexibility index (Phi) is 6.05. The number of amides is 1. The number of hydrogen-bond acceptors (Lipinski definition) is 4. The third kappa shape index (κ3) is 4.73. The molecule has 1 aliphatic heterocycles. The first-order valence-corrected chi connectivity index (χ1v) is 11.5. The number of nitrogens with one attached hydrogen (secondary N) is 2. The number of H-pyrrole nitrogens is 1. The molecule has 2 aromatic carbocycles. The standard InChI is InChI=1S/C26H27FN4O2/c27-20-11-9-18(10-12-20)22-15-31(14-17-5-2-1-3-6-17)16-23(22)29-25(32)21-13-28-24(30-26(21)33)19-7-4-8-19/h1-3,5-6,9-13,19,22-23H,4,7-8,14-16H2,(H,29,32)(H,28,30,33)/t22-,23+/m0/s1. The molecule has 0 spiro atoms. The van der Waals surface area contributed by atoms with Gasteiger partial charge in [0.05, 0.1) is 0 Å². The molecule has 6 nitrogen and oxygen atoms in total. The molecular formula is C26H27FN4O2. The van der Waals surface area contributed by atoms with Crippen molar-refractivity contribution in [2.24, 2.45) is 0 Å². The van der Waals surface area contributed by atoms with Gasteiger partial charge in [-0.3, -0.25) is 14.5 Å². The third-order valence-electron chi connectivity index (χ3n) is 6.81. The molecule has 1 aliphatic carbocycles. The summed E-state index contributed by atoms with van der Waals surface area (Å²) in [6.45, 7) is 2.11. The molecule has 1 amide bonds. The summed E-state index contributed by atoms with van der Waals surface area (Å²) in [5, 5.41) is 3.06. The normalized spacial score (nSPS) is 21.0. The second kappa shape index (κ2) is 9.27. The molecule has 1 aromatic heterocycles. The van der Waals surface area contributed by atoms with Crippen LogP contribution in [-0.2, 0) is 6.54 Å². The number of aromatic amines is 1. The minimum Gasteiger partial charge on any atom is -0.347 e. The van der Waals surface area contributed by atoms with Gasteiger partial charge < -0.3 is 10.3 Å². The van der Waals surface area contributed by atoms with Crippen molar-refractivity contribution in [2.75, 3.05) is 13.1 Å². The number of aromatic nitrogens is 2. The van der Waals surface area contributed by atoms with E-state index in [4.69, 9.17) is 0 Å². The molecule has 3 aromatic rings. The lowest BCUT2D eigenvalue weighted by Gasteiger charge is -2.24. The van der Waals surface area contributed by atoms with Crippen molar-refractivity contribution in [1.29, 1.82) is 0 Å². The quantitative estimate of drug-likeness (QED) is 0.607. The van der Waals surface area contributed by atoms with Crippen LogP contribution in [0.15, 0.2) is 65.6 Å². The van der Waals surface area contributed by atoms with E-state index in [0.29, 0.717) is 18.3 Å². The van der Waals surface area contributed by atoms with Gasteiger partial charge in [-0.05, 0) is 36.1 Å². The van der Waals surface area contributed by atoms with E-state index in [1.807, 2.05) is 18.2 Å². The highest BCUT2D eigenvalue weighted by Crippen LogP contribution is 2.33. The summed E-state index contributed by atoms with van der Waals surface area (Å²) < 4.78 is 13.5. The summed E-state index contributed by atoms with van der Waals surface area (Å²) in [5.41, 5.74) is 1.78. The Balaban J connectivity index is 1.35. The Hall–Kier alpha value is -3.32. The average Bonchev–Trinajstić information content (AvgIpc) is 3.15. The molecule has 5 rings (SSSR count). The maximum atomic E-state index is 13.5. The van der Waals surface area contributed by atoms with E-state index in [0.717, 1.165) is 37.9 Å². The molecule has 2 fully saturated rings. The maximum absolute atomic E-state index is 13.5. The molecule has 2 aliphatic rings. The van der Waals surface area contributed by atoms with Crippen molar-refractivity contribution in [3.8, 4) is 0 Å². The lowest BCUT2D eigenvalue weighted by atomic mass is 9.85. The van der Waals surface area contributed by atoms with Crippen molar-refractivity contribution < 1.29 is 9.18 Å². The van der Waals surface area contributed by atoms with Crippen LogP contribution in [0.2, 0.25) is 0 Å². The van der Waals surface area contributed by atoms with Crippen LogP contribution >= 0.6 is 0 Å². The molecule has 1 saturated carbocycles. The highest BCUT2D eigenvalue weighted by atomic mass is 19.1. The van der Waals surface area contributed by atoms with E-state index in [1.54, 1.807) is 12.1 Å². The lowest BCUT2D eigenvalue weighted by molar-refractivity contribution is 0.0933. The second-order valence-corrected chi connectivity index (χ2v) is 9.06. The molecule has 1 saturated heterocycles. The Morgan fingerprint density at radius 2 is 1.85 bits per heavy atom. The Bertz CT molecular complexity index is 1170. The third-order valence-corrected chi connectivity index (χ3v) is 6.81. The summed E-state index contributed by atoms with van der Waals surface area (Å²) in [6, 6.07) is 16.4. The number of hydrogen-bond donors (Lipinski definition) is 2. The molecule has 33 heavy (non-hydrogen) atoms. The molecule has 7 heteroatoms. The molecule has 0 radical (unpaired) electrons. The number of rotatable bonds is 6. The minimum atomic E-state index is -0.428. The number of benzene rings is 2. The van der Waals surface area contributed by atoms with Crippen LogP contribution in [-0.4, -0.2) is 39.9 Å². The van der Waals surface area contributed by atoms with E-state index in [1.165, 1.54) is 23.9 Å². The highest BCUT2D eigenvalue weighted by molar-refractivity contribution is 5.93. The van der Waals surface area contributed by atoms with Crippen LogP contribution in [0.5, 0.6) is 0 Å². The average molecular weight is 447 g/mol.